The summed E-state index contributed by atoms with van der Waals surface area (Å²) in [5.41, 5.74) is 7.63. The van der Waals surface area contributed by atoms with Crippen molar-refractivity contribution < 1.29 is 8.83 Å². The van der Waals surface area contributed by atoms with Gasteiger partial charge in [-0.05, 0) is 42.5 Å². The van der Waals surface area contributed by atoms with Crippen molar-refractivity contribution in [3.63, 3.8) is 0 Å². The minimum absolute atomic E-state index is 0.532. The van der Waals surface area contributed by atoms with Crippen molar-refractivity contribution in [3.05, 3.63) is 133 Å². The Labute approximate surface area is 271 Å². The minimum Gasteiger partial charge on any atom is -0.456 e. The number of nitrogens with zero attached hydrogens (tertiary/aromatic N) is 4. The number of para-hydroxylation sites is 4. The van der Waals surface area contributed by atoms with Gasteiger partial charge in [0.2, 0.25) is 0 Å². The highest BCUT2D eigenvalue weighted by Crippen LogP contribution is 2.41. The third kappa shape index (κ3) is 4.17. The molecule has 6 aromatic carbocycles. The van der Waals surface area contributed by atoms with Gasteiger partial charge in [-0.2, -0.15) is 0 Å². The number of thiazole rings is 1. The van der Waals surface area contributed by atoms with E-state index in [0.29, 0.717) is 17.5 Å². The molecule has 47 heavy (non-hydrogen) atoms. The van der Waals surface area contributed by atoms with Gasteiger partial charge in [-0.3, -0.25) is 0 Å². The molecule has 0 saturated carbocycles. The molecular formula is C40H22N4O2S. The number of hydrogen-bond acceptors (Lipinski definition) is 7. The van der Waals surface area contributed by atoms with Crippen LogP contribution >= 0.6 is 11.3 Å². The van der Waals surface area contributed by atoms with E-state index in [1.807, 2.05) is 91.0 Å². The molecule has 0 unspecified atom stereocenters. The molecule has 0 amide bonds. The summed E-state index contributed by atoms with van der Waals surface area (Å²) in [5.74, 6) is 1.67. The summed E-state index contributed by atoms with van der Waals surface area (Å²) in [6, 6.07) is 44.7. The fourth-order valence-corrected chi connectivity index (χ4v) is 7.35. The summed E-state index contributed by atoms with van der Waals surface area (Å²) < 4.78 is 14.1. The quantitative estimate of drug-likeness (QED) is 0.194. The summed E-state index contributed by atoms with van der Waals surface area (Å²) in [5, 5.41) is 5.07. The minimum atomic E-state index is 0.532. The molecule has 10 aromatic rings. The fraction of sp³-hybridized carbons (Fsp3) is 0. The van der Waals surface area contributed by atoms with Crippen molar-refractivity contribution in [1.29, 1.82) is 0 Å². The van der Waals surface area contributed by atoms with Gasteiger partial charge < -0.3 is 8.83 Å². The molecule has 0 bridgehead atoms. The van der Waals surface area contributed by atoms with E-state index in [-0.39, 0.29) is 0 Å². The van der Waals surface area contributed by atoms with E-state index in [9.17, 15) is 0 Å². The maximum Gasteiger partial charge on any atom is 0.167 e. The number of benzene rings is 6. The van der Waals surface area contributed by atoms with Crippen molar-refractivity contribution in [2.75, 3.05) is 0 Å². The third-order valence-corrected chi connectivity index (χ3v) is 9.66. The van der Waals surface area contributed by atoms with Crippen LogP contribution in [0.4, 0.5) is 0 Å². The average Bonchev–Trinajstić information content (AvgIpc) is 3.84. The lowest BCUT2D eigenvalue weighted by Crippen LogP contribution is -2.00. The van der Waals surface area contributed by atoms with Gasteiger partial charge in [-0.25, -0.2) is 19.9 Å². The molecular weight excluding hydrogens is 601 g/mol. The predicted octanol–water partition coefficient (Wildman–Crippen LogP) is 10.9. The highest BCUT2D eigenvalue weighted by Gasteiger charge is 2.20. The zero-order chi connectivity index (χ0) is 30.9. The maximum atomic E-state index is 6.75. The van der Waals surface area contributed by atoms with Gasteiger partial charge in [0, 0.05) is 32.7 Å². The smallest absolute Gasteiger partial charge is 0.167 e. The van der Waals surface area contributed by atoms with Crippen LogP contribution < -0.4 is 0 Å². The van der Waals surface area contributed by atoms with E-state index in [1.165, 1.54) is 0 Å². The molecule has 0 fully saturated rings. The molecule has 220 valence electrons. The molecule has 10 rings (SSSR count). The van der Waals surface area contributed by atoms with Crippen molar-refractivity contribution in [2.45, 2.75) is 0 Å². The summed E-state index contributed by atoms with van der Waals surface area (Å²) in [7, 11) is 0. The van der Waals surface area contributed by atoms with Crippen molar-refractivity contribution in [1.82, 2.24) is 19.9 Å². The zero-order valence-electron chi connectivity index (χ0n) is 24.7. The third-order valence-electron chi connectivity index (χ3n) is 8.59. The van der Waals surface area contributed by atoms with Gasteiger partial charge in [0.25, 0.3) is 0 Å². The van der Waals surface area contributed by atoms with Crippen LogP contribution in [0.3, 0.4) is 0 Å². The Morgan fingerprint density at radius 2 is 1.09 bits per heavy atom. The van der Waals surface area contributed by atoms with Crippen LogP contribution in [-0.2, 0) is 0 Å². The second-order valence-electron chi connectivity index (χ2n) is 11.4. The Hall–Kier alpha value is -6.18. The molecule has 7 heteroatoms. The molecule has 0 aliphatic rings. The zero-order valence-corrected chi connectivity index (χ0v) is 25.5. The number of aromatic nitrogens is 4. The molecule has 4 heterocycles. The first-order chi connectivity index (χ1) is 23.3. The van der Waals surface area contributed by atoms with Crippen LogP contribution in [0.2, 0.25) is 0 Å². The van der Waals surface area contributed by atoms with Gasteiger partial charge in [-0.15, -0.1) is 11.3 Å². The van der Waals surface area contributed by atoms with Crippen LogP contribution in [0, 0.1) is 0 Å². The molecule has 0 aliphatic carbocycles. The topological polar surface area (TPSA) is 77.8 Å². The van der Waals surface area contributed by atoms with Crippen LogP contribution in [0.5, 0.6) is 0 Å². The van der Waals surface area contributed by atoms with E-state index in [4.69, 9.17) is 28.8 Å². The summed E-state index contributed by atoms with van der Waals surface area (Å²) >= 11 is 1.66. The van der Waals surface area contributed by atoms with E-state index < -0.39 is 0 Å². The van der Waals surface area contributed by atoms with E-state index >= 15 is 0 Å². The lowest BCUT2D eigenvalue weighted by molar-refractivity contribution is 0.669. The van der Waals surface area contributed by atoms with Gasteiger partial charge in [-0.1, -0.05) is 91.0 Å². The lowest BCUT2D eigenvalue weighted by atomic mass is 10.1. The predicted molar refractivity (Wildman–Crippen MR) is 189 cm³/mol. The first-order valence-corrected chi connectivity index (χ1v) is 16.1. The van der Waals surface area contributed by atoms with Crippen LogP contribution in [-0.4, -0.2) is 19.9 Å². The van der Waals surface area contributed by atoms with Gasteiger partial charge in [0.1, 0.15) is 27.3 Å². The Bertz CT molecular complexity index is 2780. The normalized spacial score (nSPS) is 11.8. The second-order valence-corrected chi connectivity index (χ2v) is 12.5. The summed E-state index contributed by atoms with van der Waals surface area (Å²) in [6.45, 7) is 0. The fourth-order valence-electron chi connectivity index (χ4n) is 6.36. The Morgan fingerprint density at radius 3 is 1.94 bits per heavy atom. The molecule has 0 spiro atoms. The van der Waals surface area contributed by atoms with Crippen molar-refractivity contribution >= 4 is 65.4 Å². The largest absolute Gasteiger partial charge is 0.456 e. The molecule has 6 nitrogen and oxygen atoms in total. The number of fused-ring (bicyclic) bond motifs is 7. The standard InChI is InChI=1S/C40H22N4O2S/c1-2-10-23(11-3-1)37-42-38(24-20-21-26-25-12-4-6-18-32(25)45-33(26)22-24)44-39(43-37)29-15-8-13-27-28-14-9-16-30(36(28)46-35(27)29)40-41-31-17-5-7-19-34(31)47-40/h1-22H. The Morgan fingerprint density at radius 1 is 0.426 bits per heavy atom. The molecule has 0 atom stereocenters. The first-order valence-electron chi connectivity index (χ1n) is 15.3. The van der Waals surface area contributed by atoms with Crippen LogP contribution in [0.15, 0.2) is 142 Å². The van der Waals surface area contributed by atoms with E-state index in [2.05, 4.69) is 42.5 Å². The van der Waals surface area contributed by atoms with Crippen molar-refractivity contribution in [2.24, 2.45) is 0 Å². The Kier molecular flexibility index (Phi) is 5.64. The highest BCUT2D eigenvalue weighted by atomic mass is 32.1. The summed E-state index contributed by atoms with van der Waals surface area (Å²) in [6.07, 6.45) is 0. The monoisotopic (exact) mass is 622 g/mol. The molecule has 0 N–H and O–H groups in total. The van der Waals surface area contributed by atoms with Gasteiger partial charge in [0.05, 0.1) is 21.3 Å². The number of rotatable bonds is 4. The SMILES string of the molecule is c1ccc(-c2nc(-c3ccc4c(c3)oc3ccccc34)nc(-c3cccc4c3oc3c(-c5nc6ccccc6s5)cccc34)n2)cc1. The maximum absolute atomic E-state index is 6.75. The van der Waals surface area contributed by atoms with Crippen LogP contribution in [0.25, 0.3) is 98.8 Å². The number of hydrogen-bond donors (Lipinski definition) is 0. The van der Waals surface area contributed by atoms with Crippen LogP contribution in [0.1, 0.15) is 0 Å². The molecule has 4 aromatic heterocycles. The first kappa shape index (κ1) is 26.1. The Balaban J connectivity index is 1.18. The molecule has 0 saturated heterocycles. The van der Waals surface area contributed by atoms with E-state index in [0.717, 1.165) is 81.4 Å². The average molecular weight is 623 g/mol. The summed E-state index contributed by atoms with van der Waals surface area (Å²) in [4.78, 5) is 19.9. The molecule has 0 aliphatic heterocycles. The van der Waals surface area contributed by atoms with Gasteiger partial charge in [0.15, 0.2) is 17.5 Å². The second kappa shape index (κ2) is 10.2. The highest BCUT2D eigenvalue weighted by molar-refractivity contribution is 7.21. The van der Waals surface area contributed by atoms with Crippen molar-refractivity contribution in [3.8, 4) is 44.7 Å². The van der Waals surface area contributed by atoms with E-state index in [1.54, 1.807) is 11.3 Å². The molecule has 0 radical (unpaired) electrons. The number of furan rings is 2. The lowest BCUT2D eigenvalue weighted by Gasteiger charge is -2.08. The van der Waals surface area contributed by atoms with Gasteiger partial charge >= 0.3 is 0 Å².